The molecule has 1 fully saturated rings. The number of nitrogens with zero attached hydrogens (tertiary/aromatic N) is 1. The molecule has 3 aromatic rings. The molecule has 0 bridgehead atoms. The van der Waals surface area contributed by atoms with Crippen LogP contribution in [0.5, 0.6) is 23.0 Å². The van der Waals surface area contributed by atoms with Gasteiger partial charge in [0.2, 0.25) is 0 Å². The molecule has 1 N–H and O–H groups in total. The van der Waals surface area contributed by atoms with Gasteiger partial charge >= 0.3 is 0 Å². The minimum absolute atomic E-state index is 0.0128. The first-order valence-electron chi connectivity index (χ1n) is 13.5. The van der Waals surface area contributed by atoms with Gasteiger partial charge in [-0.25, -0.2) is 0 Å². The van der Waals surface area contributed by atoms with E-state index in [0.29, 0.717) is 40.7 Å². The highest BCUT2D eigenvalue weighted by Gasteiger charge is 2.46. The van der Waals surface area contributed by atoms with Crippen molar-refractivity contribution in [2.45, 2.75) is 45.7 Å². The zero-order chi connectivity index (χ0) is 29.9. The summed E-state index contributed by atoms with van der Waals surface area (Å²) < 4.78 is 22.3. The van der Waals surface area contributed by atoms with Crippen LogP contribution in [-0.4, -0.2) is 49.6 Å². The van der Waals surface area contributed by atoms with E-state index in [1.54, 1.807) is 43.5 Å². The Morgan fingerprint density at radius 3 is 2.15 bits per heavy atom. The number of rotatable bonds is 9. The zero-order valence-electron chi connectivity index (χ0n) is 24.6. The van der Waals surface area contributed by atoms with Gasteiger partial charge in [0.25, 0.3) is 11.7 Å². The Kier molecular flexibility index (Phi) is 8.61. The van der Waals surface area contributed by atoms with E-state index in [9.17, 15) is 14.7 Å². The minimum atomic E-state index is -0.899. The van der Waals surface area contributed by atoms with E-state index < -0.39 is 17.7 Å². The van der Waals surface area contributed by atoms with Crippen LogP contribution in [0, 0.1) is 0 Å². The molecule has 0 saturated carbocycles. The molecule has 8 heteroatoms. The first kappa shape index (κ1) is 29.5. The second kappa shape index (κ2) is 12.0. The number of hydrogen-bond donors (Lipinski definition) is 1. The lowest BCUT2D eigenvalue weighted by Gasteiger charge is -2.27. The summed E-state index contributed by atoms with van der Waals surface area (Å²) in [6, 6.07) is 16.9. The summed E-state index contributed by atoms with van der Waals surface area (Å²) in [5, 5.41) is 11.7. The zero-order valence-corrected chi connectivity index (χ0v) is 24.6. The molecule has 1 atom stereocenters. The molecular formula is C33H37NO7. The number of methoxy groups -OCH3 is 3. The predicted molar refractivity (Wildman–Crippen MR) is 157 cm³/mol. The number of amides is 1. The summed E-state index contributed by atoms with van der Waals surface area (Å²) in [5.41, 5.74) is 2.27. The second-order valence-corrected chi connectivity index (χ2v) is 10.7. The number of Topliss-reactive ketones (excluding diaryl/α,β-unsaturated/α-hetero) is 1. The van der Waals surface area contributed by atoms with Crippen molar-refractivity contribution in [1.29, 1.82) is 0 Å². The standard InChI is InChI=1S/C33H37NO7/c1-8-41-25-15-14-21(17-23(25)33(2,3)4)30(35)28-29(20-13-16-26(39-6)27(18-20)40-7)34(32(37)31(28)36)19-22-11-9-10-12-24(22)38-5/h9-18,29,35H,8,19H2,1-7H3/b30-28+. The van der Waals surface area contributed by atoms with Gasteiger partial charge < -0.3 is 29.0 Å². The molecule has 1 unspecified atom stereocenters. The van der Waals surface area contributed by atoms with Crippen LogP contribution in [0.15, 0.2) is 66.2 Å². The number of likely N-dealkylation sites (tertiary alicyclic amines) is 1. The van der Waals surface area contributed by atoms with Gasteiger partial charge in [-0.15, -0.1) is 0 Å². The summed E-state index contributed by atoms with van der Waals surface area (Å²) in [4.78, 5) is 28.7. The highest BCUT2D eigenvalue weighted by Crippen LogP contribution is 2.44. The lowest BCUT2D eigenvalue weighted by atomic mass is 9.84. The van der Waals surface area contributed by atoms with Crippen LogP contribution in [0.25, 0.3) is 5.76 Å². The maximum atomic E-state index is 13.7. The minimum Gasteiger partial charge on any atom is -0.507 e. The Hall–Kier alpha value is -4.46. The topological polar surface area (TPSA) is 94.5 Å². The second-order valence-electron chi connectivity index (χ2n) is 10.7. The number of benzene rings is 3. The Labute approximate surface area is 241 Å². The van der Waals surface area contributed by atoms with Crippen LogP contribution in [-0.2, 0) is 21.5 Å². The number of carbonyl (C=O) groups excluding carboxylic acids is 2. The number of aliphatic hydroxyl groups excluding tert-OH is 1. The Morgan fingerprint density at radius 2 is 1.51 bits per heavy atom. The molecule has 1 saturated heterocycles. The van der Waals surface area contributed by atoms with Crippen molar-refractivity contribution in [3.8, 4) is 23.0 Å². The van der Waals surface area contributed by atoms with E-state index in [1.165, 1.54) is 19.1 Å². The molecule has 0 aromatic heterocycles. The highest BCUT2D eigenvalue weighted by molar-refractivity contribution is 6.46. The fraction of sp³-hybridized carbons (Fsp3) is 0.333. The molecule has 4 rings (SSSR count). The third kappa shape index (κ3) is 5.73. The SMILES string of the molecule is CCOc1ccc(/C(O)=C2\C(=O)C(=O)N(Cc3ccccc3OC)C2c2ccc(OC)c(OC)c2)cc1C(C)(C)C. The van der Waals surface area contributed by atoms with E-state index in [-0.39, 0.29) is 23.3 Å². The molecule has 0 aliphatic carbocycles. The maximum absolute atomic E-state index is 13.7. The Bertz CT molecular complexity index is 1490. The summed E-state index contributed by atoms with van der Waals surface area (Å²) in [6.07, 6.45) is 0. The van der Waals surface area contributed by atoms with Crippen LogP contribution in [0.3, 0.4) is 0 Å². The summed E-state index contributed by atoms with van der Waals surface area (Å²) in [7, 11) is 4.60. The van der Waals surface area contributed by atoms with E-state index in [4.69, 9.17) is 18.9 Å². The molecule has 41 heavy (non-hydrogen) atoms. The third-order valence-corrected chi connectivity index (χ3v) is 7.16. The fourth-order valence-electron chi connectivity index (χ4n) is 5.13. The molecule has 1 aliphatic heterocycles. The van der Waals surface area contributed by atoms with E-state index in [0.717, 1.165) is 11.1 Å². The van der Waals surface area contributed by atoms with Crippen molar-refractivity contribution >= 4 is 17.4 Å². The summed E-state index contributed by atoms with van der Waals surface area (Å²) in [6.45, 7) is 8.62. The first-order chi connectivity index (χ1) is 19.5. The van der Waals surface area contributed by atoms with Crippen molar-refractivity contribution < 1.29 is 33.6 Å². The lowest BCUT2D eigenvalue weighted by Crippen LogP contribution is -2.29. The molecule has 1 amide bonds. The monoisotopic (exact) mass is 559 g/mol. The van der Waals surface area contributed by atoms with Gasteiger partial charge in [0.05, 0.1) is 46.1 Å². The maximum Gasteiger partial charge on any atom is 0.295 e. The summed E-state index contributed by atoms with van der Waals surface area (Å²) >= 11 is 0. The molecule has 0 radical (unpaired) electrons. The molecule has 1 aliphatic rings. The predicted octanol–water partition coefficient (Wildman–Crippen LogP) is 6.03. The van der Waals surface area contributed by atoms with Crippen LogP contribution >= 0.6 is 0 Å². The van der Waals surface area contributed by atoms with Gasteiger partial charge in [0, 0.05) is 16.7 Å². The number of ketones is 1. The number of hydrogen-bond acceptors (Lipinski definition) is 7. The average molecular weight is 560 g/mol. The summed E-state index contributed by atoms with van der Waals surface area (Å²) in [5.74, 6) is 0.455. The van der Waals surface area contributed by atoms with E-state index in [1.807, 2.05) is 52.0 Å². The van der Waals surface area contributed by atoms with Crippen molar-refractivity contribution in [2.75, 3.05) is 27.9 Å². The number of carbonyl (C=O) groups is 2. The van der Waals surface area contributed by atoms with Crippen LogP contribution in [0.2, 0.25) is 0 Å². The first-order valence-corrected chi connectivity index (χ1v) is 13.5. The lowest BCUT2D eigenvalue weighted by molar-refractivity contribution is -0.140. The van der Waals surface area contributed by atoms with E-state index >= 15 is 0 Å². The van der Waals surface area contributed by atoms with Crippen molar-refractivity contribution in [3.63, 3.8) is 0 Å². The fourth-order valence-corrected chi connectivity index (χ4v) is 5.13. The van der Waals surface area contributed by atoms with E-state index in [2.05, 4.69) is 0 Å². The van der Waals surface area contributed by atoms with Gasteiger partial charge in [0.1, 0.15) is 17.3 Å². The quantitative estimate of drug-likeness (QED) is 0.194. The molecule has 216 valence electrons. The molecule has 1 heterocycles. The molecule has 3 aromatic carbocycles. The van der Waals surface area contributed by atoms with Gasteiger partial charge in [-0.3, -0.25) is 9.59 Å². The number of aliphatic hydroxyl groups is 1. The Balaban J connectivity index is 1.94. The molecule has 8 nitrogen and oxygen atoms in total. The third-order valence-electron chi connectivity index (χ3n) is 7.16. The van der Waals surface area contributed by atoms with Crippen LogP contribution < -0.4 is 18.9 Å². The normalized spacial score (nSPS) is 16.6. The van der Waals surface area contributed by atoms with Crippen LogP contribution in [0.1, 0.15) is 56.0 Å². The smallest absolute Gasteiger partial charge is 0.295 e. The van der Waals surface area contributed by atoms with Gasteiger partial charge in [-0.05, 0) is 54.3 Å². The van der Waals surface area contributed by atoms with Gasteiger partial charge in [-0.2, -0.15) is 0 Å². The largest absolute Gasteiger partial charge is 0.507 e. The molecule has 0 spiro atoms. The highest BCUT2D eigenvalue weighted by atomic mass is 16.5. The van der Waals surface area contributed by atoms with Crippen molar-refractivity contribution in [1.82, 2.24) is 4.90 Å². The average Bonchev–Trinajstić information content (AvgIpc) is 3.21. The number of para-hydroxylation sites is 1. The van der Waals surface area contributed by atoms with Crippen LogP contribution in [0.4, 0.5) is 0 Å². The number of ether oxygens (including phenoxy) is 4. The van der Waals surface area contributed by atoms with Crippen molar-refractivity contribution in [2.24, 2.45) is 0 Å². The Morgan fingerprint density at radius 1 is 0.854 bits per heavy atom. The van der Waals surface area contributed by atoms with Crippen molar-refractivity contribution in [3.05, 3.63) is 88.5 Å². The molecular weight excluding hydrogens is 522 g/mol. The van der Waals surface area contributed by atoms with Gasteiger partial charge in [-0.1, -0.05) is 45.0 Å². The van der Waals surface area contributed by atoms with Gasteiger partial charge in [0.15, 0.2) is 11.5 Å².